The van der Waals surface area contributed by atoms with Crippen LogP contribution in [0.15, 0.2) is 18.3 Å². The van der Waals surface area contributed by atoms with E-state index in [9.17, 15) is 14.0 Å². The van der Waals surface area contributed by atoms with Crippen LogP contribution in [-0.4, -0.2) is 68.5 Å². The van der Waals surface area contributed by atoms with Crippen LogP contribution in [0.4, 0.5) is 10.2 Å². The predicted octanol–water partition coefficient (Wildman–Crippen LogP) is 2.29. The lowest BCUT2D eigenvalue weighted by Crippen LogP contribution is -2.18. The quantitative estimate of drug-likeness (QED) is 0.449. The Labute approximate surface area is 183 Å². The summed E-state index contributed by atoms with van der Waals surface area (Å²) in [6.07, 6.45) is 3.39. The highest BCUT2D eigenvalue weighted by molar-refractivity contribution is 7.17. The predicted molar refractivity (Wildman–Crippen MR) is 113 cm³/mol. The molecular formula is C20H25FN4O5S. The lowest BCUT2D eigenvalue weighted by atomic mass is 10.2. The Morgan fingerprint density at radius 1 is 1.19 bits per heavy atom. The van der Waals surface area contributed by atoms with Gasteiger partial charge in [-0.25, -0.2) is 14.4 Å². The van der Waals surface area contributed by atoms with Crippen LogP contribution in [-0.2, 0) is 14.3 Å². The topological polar surface area (TPSA) is 112 Å². The highest BCUT2D eigenvalue weighted by Gasteiger charge is 2.30. The van der Waals surface area contributed by atoms with Crippen LogP contribution < -0.4 is 15.4 Å². The van der Waals surface area contributed by atoms with E-state index in [1.54, 1.807) is 18.3 Å². The van der Waals surface area contributed by atoms with E-state index in [0.29, 0.717) is 34.5 Å². The lowest BCUT2D eigenvalue weighted by Gasteiger charge is -2.06. The first-order valence-corrected chi connectivity index (χ1v) is 10.8. The number of ether oxygens (including phenoxy) is 3. The fourth-order valence-electron chi connectivity index (χ4n) is 2.56. The standard InChI is InChI=1S/C20H25FN4O5S/c1-22-18(27)16-19(30-11-10-29-9-8-28-7-5-21)25-20(31-16)14-4-6-23-15(12-14)24-17(26)13-2-3-13/h4,6,12-13H,2-3,5,7-11H2,1H3,(H,22,27)(H,23,24,26). The second kappa shape index (κ2) is 11.7. The van der Waals surface area contributed by atoms with Gasteiger partial charge in [0.1, 0.15) is 24.1 Å². The zero-order valence-corrected chi connectivity index (χ0v) is 18.0. The molecule has 0 aliphatic heterocycles. The van der Waals surface area contributed by atoms with Crippen LogP contribution in [0.25, 0.3) is 10.6 Å². The van der Waals surface area contributed by atoms with Crippen molar-refractivity contribution in [1.29, 1.82) is 0 Å². The van der Waals surface area contributed by atoms with Crippen LogP contribution in [0.5, 0.6) is 5.88 Å². The number of carbonyl (C=O) groups is 2. The number of halogens is 1. The molecule has 0 radical (unpaired) electrons. The molecule has 0 saturated heterocycles. The maximum atomic E-state index is 12.2. The van der Waals surface area contributed by atoms with Crippen molar-refractivity contribution in [2.45, 2.75) is 12.8 Å². The number of pyridine rings is 1. The highest BCUT2D eigenvalue weighted by Crippen LogP contribution is 2.34. The summed E-state index contributed by atoms with van der Waals surface area (Å²) < 4.78 is 27.9. The van der Waals surface area contributed by atoms with Gasteiger partial charge >= 0.3 is 0 Å². The number of carbonyl (C=O) groups excluding carboxylic acids is 2. The second-order valence-electron chi connectivity index (χ2n) is 6.69. The van der Waals surface area contributed by atoms with E-state index in [-0.39, 0.29) is 43.4 Å². The average molecular weight is 453 g/mol. The first kappa shape index (κ1) is 23.0. The molecule has 0 atom stereocenters. The molecule has 1 fully saturated rings. The monoisotopic (exact) mass is 452 g/mol. The fraction of sp³-hybridized carbons (Fsp3) is 0.500. The first-order chi connectivity index (χ1) is 15.1. The van der Waals surface area contributed by atoms with Crippen molar-refractivity contribution < 1.29 is 28.2 Å². The maximum absolute atomic E-state index is 12.2. The Hall–Kier alpha value is -2.63. The van der Waals surface area contributed by atoms with Crippen LogP contribution in [0.3, 0.4) is 0 Å². The highest BCUT2D eigenvalue weighted by atomic mass is 32.1. The Morgan fingerprint density at radius 2 is 1.94 bits per heavy atom. The van der Waals surface area contributed by atoms with Crippen molar-refractivity contribution >= 4 is 29.0 Å². The second-order valence-corrected chi connectivity index (χ2v) is 7.69. The number of amides is 2. The van der Waals surface area contributed by atoms with Gasteiger partial charge in [0.2, 0.25) is 11.8 Å². The molecule has 1 aliphatic rings. The van der Waals surface area contributed by atoms with E-state index in [1.807, 2.05) is 0 Å². The molecule has 9 nitrogen and oxygen atoms in total. The van der Waals surface area contributed by atoms with E-state index in [1.165, 1.54) is 18.4 Å². The molecule has 0 unspecified atom stereocenters. The van der Waals surface area contributed by atoms with Crippen LogP contribution in [0, 0.1) is 5.92 Å². The van der Waals surface area contributed by atoms with E-state index in [2.05, 4.69) is 20.6 Å². The van der Waals surface area contributed by atoms with Crippen molar-refractivity contribution in [3.05, 3.63) is 23.2 Å². The Balaban J connectivity index is 1.61. The number of aromatic nitrogens is 2. The number of alkyl halides is 1. The summed E-state index contributed by atoms with van der Waals surface area (Å²) in [4.78, 5) is 33.2. The minimum atomic E-state index is -0.524. The van der Waals surface area contributed by atoms with Crippen molar-refractivity contribution in [3.63, 3.8) is 0 Å². The smallest absolute Gasteiger partial charge is 0.266 e. The number of hydrogen-bond donors (Lipinski definition) is 2. The summed E-state index contributed by atoms with van der Waals surface area (Å²) in [7, 11) is 1.53. The molecule has 3 rings (SSSR count). The Morgan fingerprint density at radius 3 is 2.65 bits per heavy atom. The van der Waals surface area contributed by atoms with Gasteiger partial charge in [0.15, 0.2) is 4.88 Å². The minimum absolute atomic E-state index is 0.0334. The van der Waals surface area contributed by atoms with Crippen LogP contribution in [0.2, 0.25) is 0 Å². The molecule has 0 aromatic carbocycles. The number of thiazole rings is 1. The third-order valence-corrected chi connectivity index (χ3v) is 5.38. The van der Waals surface area contributed by atoms with Crippen LogP contribution >= 0.6 is 11.3 Å². The number of nitrogens with zero attached hydrogens (tertiary/aromatic N) is 2. The van der Waals surface area contributed by atoms with Gasteiger partial charge in [-0.3, -0.25) is 9.59 Å². The van der Waals surface area contributed by atoms with Gasteiger partial charge in [0.05, 0.1) is 26.4 Å². The minimum Gasteiger partial charge on any atom is -0.474 e. The van der Waals surface area contributed by atoms with Crippen LogP contribution in [0.1, 0.15) is 22.5 Å². The number of hydrogen-bond acceptors (Lipinski definition) is 8. The van der Waals surface area contributed by atoms with E-state index >= 15 is 0 Å². The molecule has 0 bridgehead atoms. The average Bonchev–Trinajstić information content (AvgIpc) is 3.55. The molecule has 2 aromatic heterocycles. The third-order valence-electron chi connectivity index (χ3n) is 4.30. The number of anilines is 1. The summed E-state index contributed by atoms with van der Waals surface area (Å²) in [6.45, 7) is 0.610. The molecule has 31 heavy (non-hydrogen) atoms. The van der Waals surface area contributed by atoms with Gasteiger partial charge in [-0.05, 0) is 25.0 Å². The van der Waals surface area contributed by atoms with Gasteiger partial charge in [0.25, 0.3) is 5.91 Å². The largest absolute Gasteiger partial charge is 0.474 e. The first-order valence-electron chi connectivity index (χ1n) is 9.96. The molecule has 11 heteroatoms. The molecule has 2 aromatic rings. The molecule has 2 N–H and O–H groups in total. The van der Waals surface area contributed by atoms with Gasteiger partial charge in [-0.15, -0.1) is 11.3 Å². The van der Waals surface area contributed by atoms with E-state index < -0.39 is 6.67 Å². The molecule has 0 spiro atoms. The third kappa shape index (κ3) is 6.94. The van der Waals surface area contributed by atoms with Crippen molar-refractivity contribution in [3.8, 4) is 16.5 Å². The van der Waals surface area contributed by atoms with Gasteiger partial charge in [-0.1, -0.05) is 0 Å². The molecule has 1 saturated carbocycles. The summed E-state index contributed by atoms with van der Waals surface area (Å²) in [5.41, 5.74) is 0.715. The van der Waals surface area contributed by atoms with Crippen molar-refractivity contribution in [2.24, 2.45) is 5.92 Å². The summed E-state index contributed by atoms with van der Waals surface area (Å²) in [5.74, 6) is 0.376. The van der Waals surface area contributed by atoms with Gasteiger partial charge in [0, 0.05) is 24.7 Å². The molecule has 2 heterocycles. The zero-order valence-electron chi connectivity index (χ0n) is 17.2. The normalized spacial score (nSPS) is 13.1. The lowest BCUT2D eigenvalue weighted by molar-refractivity contribution is -0.117. The van der Waals surface area contributed by atoms with Gasteiger partial charge < -0.3 is 24.8 Å². The van der Waals surface area contributed by atoms with Gasteiger partial charge in [-0.2, -0.15) is 0 Å². The fourth-order valence-corrected chi connectivity index (χ4v) is 3.52. The van der Waals surface area contributed by atoms with Crippen molar-refractivity contribution in [1.82, 2.24) is 15.3 Å². The maximum Gasteiger partial charge on any atom is 0.266 e. The van der Waals surface area contributed by atoms with E-state index in [0.717, 1.165) is 12.8 Å². The SMILES string of the molecule is CNC(=O)c1sc(-c2ccnc(NC(=O)C3CC3)c2)nc1OCCOCCOCCF. The molecular weight excluding hydrogens is 427 g/mol. The molecule has 2 amide bonds. The number of nitrogens with one attached hydrogen (secondary N) is 2. The zero-order chi connectivity index (χ0) is 22.1. The summed E-state index contributed by atoms with van der Waals surface area (Å²) >= 11 is 1.18. The molecule has 1 aliphatic carbocycles. The Bertz CT molecular complexity index is 890. The summed E-state index contributed by atoms with van der Waals surface area (Å²) in [5, 5.41) is 5.95. The summed E-state index contributed by atoms with van der Waals surface area (Å²) in [6, 6.07) is 3.47. The Kier molecular flexibility index (Phi) is 8.68. The molecule has 168 valence electrons. The number of rotatable bonds is 13. The van der Waals surface area contributed by atoms with E-state index in [4.69, 9.17) is 14.2 Å². The van der Waals surface area contributed by atoms with Crippen molar-refractivity contribution in [2.75, 3.05) is 52.1 Å².